The molecule has 18 heavy (non-hydrogen) atoms. The van der Waals surface area contributed by atoms with Crippen molar-refractivity contribution in [3.63, 3.8) is 0 Å². The molecule has 1 rings (SSSR count). The second kappa shape index (κ2) is 6.96. The number of hydrogen-bond acceptors (Lipinski definition) is 4. The van der Waals surface area contributed by atoms with Gasteiger partial charge in [0.25, 0.3) is 0 Å². The van der Waals surface area contributed by atoms with Crippen molar-refractivity contribution >= 4 is 5.97 Å². The Morgan fingerprint density at radius 1 is 1.50 bits per heavy atom. The van der Waals surface area contributed by atoms with Gasteiger partial charge in [0, 0.05) is 24.1 Å². The molecule has 0 saturated heterocycles. The Bertz CT molecular complexity index is 407. The SMILES string of the molecule is COC(=O)CCCOc1cc(F)ccc1C(C)N. The highest BCUT2D eigenvalue weighted by Crippen LogP contribution is 2.24. The van der Waals surface area contributed by atoms with Crippen LogP contribution in [0, 0.1) is 5.82 Å². The van der Waals surface area contributed by atoms with E-state index in [0.29, 0.717) is 18.8 Å². The summed E-state index contributed by atoms with van der Waals surface area (Å²) in [4.78, 5) is 10.9. The summed E-state index contributed by atoms with van der Waals surface area (Å²) < 4.78 is 23.1. The third-order valence-electron chi connectivity index (χ3n) is 2.48. The molecule has 0 saturated carbocycles. The van der Waals surface area contributed by atoms with Gasteiger partial charge in [-0.3, -0.25) is 4.79 Å². The van der Waals surface area contributed by atoms with Crippen LogP contribution in [0.3, 0.4) is 0 Å². The first-order chi connectivity index (χ1) is 8.54. The van der Waals surface area contributed by atoms with Crippen molar-refractivity contribution in [3.05, 3.63) is 29.6 Å². The van der Waals surface area contributed by atoms with Crippen LogP contribution in [0.15, 0.2) is 18.2 Å². The fourth-order valence-electron chi connectivity index (χ4n) is 1.51. The summed E-state index contributed by atoms with van der Waals surface area (Å²) in [5.41, 5.74) is 6.51. The minimum atomic E-state index is -0.373. The molecule has 0 bridgehead atoms. The maximum atomic E-state index is 13.1. The van der Waals surface area contributed by atoms with Crippen LogP contribution in [-0.2, 0) is 9.53 Å². The van der Waals surface area contributed by atoms with E-state index in [4.69, 9.17) is 10.5 Å². The summed E-state index contributed by atoms with van der Waals surface area (Å²) in [5, 5.41) is 0. The quantitative estimate of drug-likeness (QED) is 0.625. The maximum Gasteiger partial charge on any atom is 0.305 e. The minimum Gasteiger partial charge on any atom is -0.493 e. The fourth-order valence-corrected chi connectivity index (χ4v) is 1.51. The summed E-state index contributed by atoms with van der Waals surface area (Å²) in [6, 6.07) is 4.02. The second-order valence-electron chi connectivity index (χ2n) is 4.00. The van der Waals surface area contributed by atoms with Gasteiger partial charge < -0.3 is 15.2 Å². The van der Waals surface area contributed by atoms with Crippen LogP contribution in [-0.4, -0.2) is 19.7 Å². The summed E-state index contributed by atoms with van der Waals surface area (Å²) in [6.07, 6.45) is 0.793. The molecule has 2 N–H and O–H groups in total. The maximum absolute atomic E-state index is 13.1. The van der Waals surface area contributed by atoms with E-state index in [9.17, 15) is 9.18 Å². The zero-order valence-electron chi connectivity index (χ0n) is 10.6. The normalized spacial score (nSPS) is 12.0. The van der Waals surface area contributed by atoms with E-state index in [-0.39, 0.29) is 24.2 Å². The molecule has 5 heteroatoms. The van der Waals surface area contributed by atoms with Gasteiger partial charge in [-0.15, -0.1) is 0 Å². The average molecular weight is 255 g/mol. The number of nitrogens with two attached hydrogens (primary N) is 1. The Kier molecular flexibility index (Phi) is 5.58. The van der Waals surface area contributed by atoms with E-state index in [2.05, 4.69) is 4.74 Å². The molecule has 1 unspecified atom stereocenters. The minimum absolute atomic E-state index is 0.235. The van der Waals surface area contributed by atoms with Crippen molar-refractivity contribution in [2.45, 2.75) is 25.8 Å². The molecule has 0 radical (unpaired) electrons. The monoisotopic (exact) mass is 255 g/mol. The molecule has 1 aromatic carbocycles. The van der Waals surface area contributed by atoms with E-state index in [1.807, 2.05) is 0 Å². The van der Waals surface area contributed by atoms with Gasteiger partial charge in [-0.1, -0.05) is 6.07 Å². The number of methoxy groups -OCH3 is 1. The van der Waals surface area contributed by atoms with Gasteiger partial charge in [0.05, 0.1) is 13.7 Å². The van der Waals surface area contributed by atoms with Gasteiger partial charge in [-0.2, -0.15) is 0 Å². The first-order valence-electron chi connectivity index (χ1n) is 5.79. The average Bonchev–Trinajstić information content (AvgIpc) is 2.34. The first-order valence-corrected chi connectivity index (χ1v) is 5.79. The predicted octanol–water partition coefficient (Wildman–Crippen LogP) is 2.18. The van der Waals surface area contributed by atoms with Gasteiger partial charge in [0.2, 0.25) is 0 Å². The lowest BCUT2D eigenvalue weighted by atomic mass is 10.1. The van der Waals surface area contributed by atoms with Crippen molar-refractivity contribution in [3.8, 4) is 5.75 Å². The zero-order valence-corrected chi connectivity index (χ0v) is 10.6. The molecule has 0 amide bonds. The van der Waals surface area contributed by atoms with Crippen LogP contribution in [0.1, 0.15) is 31.4 Å². The molecule has 4 nitrogen and oxygen atoms in total. The second-order valence-corrected chi connectivity index (χ2v) is 4.00. The number of halogens is 1. The van der Waals surface area contributed by atoms with Gasteiger partial charge in [0.1, 0.15) is 11.6 Å². The largest absolute Gasteiger partial charge is 0.493 e. The van der Waals surface area contributed by atoms with E-state index in [1.54, 1.807) is 13.0 Å². The molecule has 0 aromatic heterocycles. The fraction of sp³-hybridized carbons (Fsp3) is 0.462. The van der Waals surface area contributed by atoms with Crippen LogP contribution >= 0.6 is 0 Å². The van der Waals surface area contributed by atoms with Crippen molar-refractivity contribution in [1.29, 1.82) is 0 Å². The molecule has 100 valence electrons. The van der Waals surface area contributed by atoms with Crippen molar-refractivity contribution in [2.24, 2.45) is 5.73 Å². The highest BCUT2D eigenvalue weighted by Gasteiger charge is 2.09. The Morgan fingerprint density at radius 3 is 2.83 bits per heavy atom. The van der Waals surface area contributed by atoms with E-state index < -0.39 is 0 Å². The lowest BCUT2D eigenvalue weighted by Crippen LogP contribution is -2.10. The van der Waals surface area contributed by atoms with Gasteiger partial charge in [0.15, 0.2) is 0 Å². The van der Waals surface area contributed by atoms with Crippen molar-refractivity contribution in [1.82, 2.24) is 0 Å². The third-order valence-corrected chi connectivity index (χ3v) is 2.48. The first kappa shape index (κ1) is 14.4. The number of benzene rings is 1. The molecule has 0 aliphatic heterocycles. The molecule has 0 fully saturated rings. The summed E-state index contributed by atoms with van der Waals surface area (Å²) >= 11 is 0. The highest BCUT2D eigenvalue weighted by molar-refractivity contribution is 5.69. The Morgan fingerprint density at radius 2 is 2.22 bits per heavy atom. The summed E-state index contributed by atoms with van der Waals surface area (Å²) in [5.74, 6) is -0.234. The lowest BCUT2D eigenvalue weighted by molar-refractivity contribution is -0.140. The number of rotatable bonds is 6. The van der Waals surface area contributed by atoms with Crippen LogP contribution in [0.4, 0.5) is 4.39 Å². The summed E-state index contributed by atoms with van der Waals surface area (Å²) in [6.45, 7) is 2.12. The highest BCUT2D eigenvalue weighted by atomic mass is 19.1. The van der Waals surface area contributed by atoms with Gasteiger partial charge in [-0.25, -0.2) is 4.39 Å². The van der Waals surface area contributed by atoms with Gasteiger partial charge in [-0.05, 0) is 19.4 Å². The number of carbonyl (C=O) groups is 1. The molecule has 1 aromatic rings. The molecule has 0 aliphatic rings. The third kappa shape index (κ3) is 4.33. The lowest BCUT2D eigenvalue weighted by Gasteiger charge is -2.13. The Labute approximate surface area is 106 Å². The van der Waals surface area contributed by atoms with Crippen LogP contribution in [0.25, 0.3) is 0 Å². The smallest absolute Gasteiger partial charge is 0.305 e. The zero-order chi connectivity index (χ0) is 13.5. The van der Waals surface area contributed by atoms with Crippen LogP contribution < -0.4 is 10.5 Å². The number of carbonyl (C=O) groups excluding carboxylic acids is 1. The Balaban J connectivity index is 2.55. The standard InChI is InChI=1S/C13H18FNO3/c1-9(15)11-6-5-10(14)8-12(11)18-7-3-4-13(16)17-2/h5-6,8-9H,3-4,7,15H2,1-2H3. The van der Waals surface area contributed by atoms with E-state index >= 15 is 0 Å². The Hall–Kier alpha value is -1.62. The molecule has 0 heterocycles. The number of hydrogen-bond donors (Lipinski definition) is 1. The summed E-state index contributed by atoms with van der Waals surface area (Å²) in [7, 11) is 1.34. The van der Waals surface area contributed by atoms with Gasteiger partial charge >= 0.3 is 5.97 Å². The molecule has 0 aliphatic carbocycles. The number of ether oxygens (including phenoxy) is 2. The molecule has 1 atom stereocenters. The van der Waals surface area contributed by atoms with Crippen molar-refractivity contribution in [2.75, 3.05) is 13.7 Å². The molecule has 0 spiro atoms. The van der Waals surface area contributed by atoms with Crippen LogP contribution in [0.2, 0.25) is 0 Å². The number of esters is 1. The topological polar surface area (TPSA) is 61.5 Å². The predicted molar refractivity (Wildman–Crippen MR) is 65.7 cm³/mol. The molecular weight excluding hydrogens is 237 g/mol. The van der Waals surface area contributed by atoms with Crippen LogP contribution in [0.5, 0.6) is 5.75 Å². The van der Waals surface area contributed by atoms with E-state index in [0.717, 1.165) is 5.56 Å². The molecular formula is C13H18FNO3. The van der Waals surface area contributed by atoms with E-state index in [1.165, 1.54) is 19.2 Å². The van der Waals surface area contributed by atoms with Crippen molar-refractivity contribution < 1.29 is 18.7 Å².